The zero-order valence-corrected chi connectivity index (χ0v) is 14.9. The normalized spacial score (nSPS) is 21.5. The molecule has 0 amide bonds. The van der Waals surface area contributed by atoms with Gasteiger partial charge in [0, 0.05) is 37.6 Å². The standard InChI is InChI=1S/C17H26FN3OS/c1-17(7-4-8-23-17)12-21-16(19-2)20-10-13-5-6-15(18)14(9-13)11-22-3/h5-6,9H,4,7-8,10-12H2,1-3H3,(H2,19,20,21). The molecule has 0 aliphatic carbocycles. The molecule has 1 aliphatic heterocycles. The molecular weight excluding hydrogens is 313 g/mol. The van der Waals surface area contributed by atoms with Gasteiger partial charge in [-0.15, -0.1) is 0 Å². The summed E-state index contributed by atoms with van der Waals surface area (Å²) in [5.74, 6) is 1.78. The van der Waals surface area contributed by atoms with E-state index in [9.17, 15) is 4.39 Å². The zero-order valence-electron chi connectivity index (χ0n) is 14.1. The fraction of sp³-hybridized carbons (Fsp3) is 0.588. The molecule has 1 aromatic carbocycles. The molecule has 1 aromatic rings. The van der Waals surface area contributed by atoms with Gasteiger partial charge in [-0.3, -0.25) is 4.99 Å². The van der Waals surface area contributed by atoms with Crippen LogP contribution < -0.4 is 10.6 Å². The first-order valence-electron chi connectivity index (χ1n) is 7.91. The van der Waals surface area contributed by atoms with Gasteiger partial charge >= 0.3 is 0 Å². The van der Waals surface area contributed by atoms with Crippen LogP contribution >= 0.6 is 11.8 Å². The van der Waals surface area contributed by atoms with E-state index in [1.165, 1.54) is 24.7 Å². The van der Waals surface area contributed by atoms with Gasteiger partial charge in [0.05, 0.1) is 6.61 Å². The van der Waals surface area contributed by atoms with Crippen LogP contribution in [0.2, 0.25) is 0 Å². The van der Waals surface area contributed by atoms with E-state index >= 15 is 0 Å². The molecule has 4 nitrogen and oxygen atoms in total. The molecule has 1 fully saturated rings. The average molecular weight is 339 g/mol. The highest BCUT2D eigenvalue weighted by atomic mass is 32.2. The van der Waals surface area contributed by atoms with Crippen LogP contribution in [-0.4, -0.2) is 37.2 Å². The molecule has 0 saturated carbocycles. The van der Waals surface area contributed by atoms with Gasteiger partial charge < -0.3 is 15.4 Å². The Bertz CT molecular complexity index is 545. The van der Waals surface area contributed by atoms with Gasteiger partial charge in [0.1, 0.15) is 5.82 Å². The first-order chi connectivity index (χ1) is 11.1. The highest BCUT2D eigenvalue weighted by molar-refractivity contribution is 8.00. The summed E-state index contributed by atoms with van der Waals surface area (Å²) in [6.45, 7) is 4.07. The van der Waals surface area contributed by atoms with Crippen LogP contribution in [0.3, 0.4) is 0 Å². The number of rotatable bonds is 6. The molecule has 128 valence electrons. The summed E-state index contributed by atoms with van der Waals surface area (Å²) in [4.78, 5) is 4.26. The fourth-order valence-electron chi connectivity index (χ4n) is 2.66. The Morgan fingerprint density at radius 1 is 1.43 bits per heavy atom. The zero-order chi connectivity index (χ0) is 16.7. The maximum Gasteiger partial charge on any atom is 0.191 e. The Balaban J connectivity index is 1.86. The molecule has 2 rings (SSSR count). The highest BCUT2D eigenvalue weighted by Crippen LogP contribution is 2.36. The molecule has 1 heterocycles. The number of benzene rings is 1. The lowest BCUT2D eigenvalue weighted by molar-refractivity contribution is 0.181. The van der Waals surface area contributed by atoms with E-state index < -0.39 is 0 Å². The van der Waals surface area contributed by atoms with Crippen molar-refractivity contribution in [3.8, 4) is 0 Å². The Labute approximate surface area is 142 Å². The van der Waals surface area contributed by atoms with Crippen LogP contribution in [0.25, 0.3) is 0 Å². The number of methoxy groups -OCH3 is 1. The number of hydrogen-bond acceptors (Lipinski definition) is 3. The van der Waals surface area contributed by atoms with Crippen molar-refractivity contribution in [3.63, 3.8) is 0 Å². The van der Waals surface area contributed by atoms with Gasteiger partial charge in [0.25, 0.3) is 0 Å². The van der Waals surface area contributed by atoms with E-state index in [0.717, 1.165) is 18.1 Å². The fourth-order valence-corrected chi connectivity index (χ4v) is 3.90. The summed E-state index contributed by atoms with van der Waals surface area (Å²) < 4.78 is 18.9. The van der Waals surface area contributed by atoms with E-state index in [0.29, 0.717) is 16.9 Å². The predicted molar refractivity (Wildman–Crippen MR) is 95.4 cm³/mol. The van der Waals surface area contributed by atoms with Crippen LogP contribution in [0.4, 0.5) is 4.39 Å². The third kappa shape index (κ3) is 5.39. The molecule has 1 aliphatic rings. The summed E-state index contributed by atoms with van der Waals surface area (Å²) in [5, 5.41) is 6.67. The maximum atomic E-state index is 13.6. The molecule has 0 bridgehead atoms. The SMILES string of the molecule is CN=C(NCc1ccc(F)c(COC)c1)NCC1(C)CCCS1. The average Bonchev–Trinajstić information content (AvgIpc) is 2.97. The largest absolute Gasteiger partial charge is 0.380 e. The minimum absolute atomic E-state index is 0.232. The van der Waals surface area contributed by atoms with Crippen molar-refractivity contribution in [1.29, 1.82) is 0 Å². The maximum absolute atomic E-state index is 13.6. The van der Waals surface area contributed by atoms with Gasteiger partial charge in [-0.2, -0.15) is 11.8 Å². The minimum atomic E-state index is -0.232. The van der Waals surface area contributed by atoms with Crippen molar-refractivity contribution in [2.75, 3.05) is 26.5 Å². The van der Waals surface area contributed by atoms with E-state index in [-0.39, 0.29) is 12.4 Å². The lowest BCUT2D eigenvalue weighted by Gasteiger charge is -2.24. The lowest BCUT2D eigenvalue weighted by atomic mass is 10.1. The molecule has 1 atom stereocenters. The molecular formula is C17H26FN3OS. The Kier molecular flexibility index (Phi) is 6.72. The first-order valence-corrected chi connectivity index (χ1v) is 8.89. The van der Waals surface area contributed by atoms with E-state index in [1.807, 2.05) is 17.8 Å². The van der Waals surface area contributed by atoms with Crippen LogP contribution in [0.5, 0.6) is 0 Å². The monoisotopic (exact) mass is 339 g/mol. The molecule has 23 heavy (non-hydrogen) atoms. The van der Waals surface area contributed by atoms with E-state index in [4.69, 9.17) is 4.74 Å². The first kappa shape index (κ1) is 18.1. The second-order valence-electron chi connectivity index (χ2n) is 6.04. The number of thioether (sulfide) groups is 1. The van der Waals surface area contributed by atoms with Crippen molar-refractivity contribution < 1.29 is 9.13 Å². The number of ether oxygens (including phenoxy) is 1. The highest BCUT2D eigenvalue weighted by Gasteiger charge is 2.29. The van der Waals surface area contributed by atoms with Crippen molar-refractivity contribution in [2.24, 2.45) is 4.99 Å². The van der Waals surface area contributed by atoms with Gasteiger partial charge in [0.2, 0.25) is 0 Å². The minimum Gasteiger partial charge on any atom is -0.380 e. The summed E-state index contributed by atoms with van der Waals surface area (Å²) in [7, 11) is 3.33. The van der Waals surface area contributed by atoms with Crippen molar-refractivity contribution >= 4 is 17.7 Å². The number of hydrogen-bond donors (Lipinski definition) is 2. The number of guanidine groups is 1. The summed E-state index contributed by atoms with van der Waals surface area (Å²) >= 11 is 2.02. The van der Waals surface area contributed by atoms with Crippen molar-refractivity contribution in [3.05, 3.63) is 35.1 Å². The molecule has 0 spiro atoms. The van der Waals surface area contributed by atoms with Crippen LogP contribution in [0.1, 0.15) is 30.9 Å². The van der Waals surface area contributed by atoms with Gasteiger partial charge in [-0.25, -0.2) is 4.39 Å². The number of nitrogens with zero attached hydrogens (tertiary/aromatic N) is 1. The number of halogens is 1. The summed E-state index contributed by atoms with van der Waals surface area (Å²) in [5.41, 5.74) is 1.58. The second kappa shape index (κ2) is 8.55. The third-order valence-corrected chi connectivity index (χ3v) is 5.56. The van der Waals surface area contributed by atoms with Crippen molar-refractivity contribution in [2.45, 2.75) is 37.7 Å². The molecule has 1 saturated heterocycles. The van der Waals surface area contributed by atoms with Gasteiger partial charge in [0.15, 0.2) is 5.96 Å². The predicted octanol–water partition coefficient (Wildman–Crippen LogP) is 2.92. The lowest BCUT2D eigenvalue weighted by Crippen LogP contribution is -2.43. The quantitative estimate of drug-likeness (QED) is 0.618. The number of nitrogens with one attached hydrogen (secondary N) is 2. The summed E-state index contributed by atoms with van der Waals surface area (Å²) in [6, 6.07) is 5.09. The molecule has 2 N–H and O–H groups in total. The van der Waals surface area contributed by atoms with E-state index in [2.05, 4.69) is 22.5 Å². The van der Waals surface area contributed by atoms with Crippen LogP contribution in [-0.2, 0) is 17.9 Å². The molecule has 1 unspecified atom stereocenters. The molecule has 6 heteroatoms. The molecule has 0 radical (unpaired) electrons. The van der Waals surface area contributed by atoms with Crippen LogP contribution in [0.15, 0.2) is 23.2 Å². The van der Waals surface area contributed by atoms with E-state index in [1.54, 1.807) is 20.2 Å². The topological polar surface area (TPSA) is 45.7 Å². The Morgan fingerprint density at radius 2 is 2.26 bits per heavy atom. The number of aliphatic imine (C=N–C) groups is 1. The Morgan fingerprint density at radius 3 is 2.91 bits per heavy atom. The summed E-state index contributed by atoms with van der Waals surface area (Å²) in [6.07, 6.45) is 2.52. The van der Waals surface area contributed by atoms with Gasteiger partial charge in [-0.05, 0) is 43.2 Å². The van der Waals surface area contributed by atoms with Gasteiger partial charge in [-0.1, -0.05) is 6.07 Å². The van der Waals surface area contributed by atoms with Crippen LogP contribution in [0, 0.1) is 5.82 Å². The second-order valence-corrected chi connectivity index (χ2v) is 7.72. The molecule has 0 aromatic heterocycles. The van der Waals surface area contributed by atoms with Crippen molar-refractivity contribution in [1.82, 2.24) is 10.6 Å². The Hall–Kier alpha value is -1.27. The third-order valence-electron chi connectivity index (χ3n) is 4.02. The smallest absolute Gasteiger partial charge is 0.191 e.